The summed E-state index contributed by atoms with van der Waals surface area (Å²) in [6.07, 6.45) is 1.90. The summed E-state index contributed by atoms with van der Waals surface area (Å²) in [5.41, 5.74) is 1.97. The fourth-order valence-electron chi connectivity index (χ4n) is 3.49. The van der Waals surface area contributed by atoms with E-state index >= 15 is 0 Å². The molecule has 1 fully saturated rings. The van der Waals surface area contributed by atoms with Crippen LogP contribution in [-0.4, -0.2) is 38.3 Å². The van der Waals surface area contributed by atoms with Crippen molar-refractivity contribution in [2.45, 2.75) is 38.0 Å². The molecule has 30 heavy (non-hydrogen) atoms. The largest absolute Gasteiger partial charge is 0.492 e. The van der Waals surface area contributed by atoms with Crippen molar-refractivity contribution in [3.8, 4) is 5.75 Å². The summed E-state index contributed by atoms with van der Waals surface area (Å²) < 4.78 is 32.7. The van der Waals surface area contributed by atoms with Crippen molar-refractivity contribution in [3.63, 3.8) is 0 Å². The summed E-state index contributed by atoms with van der Waals surface area (Å²) >= 11 is 6.15. The van der Waals surface area contributed by atoms with Gasteiger partial charge in [-0.1, -0.05) is 30.7 Å². The van der Waals surface area contributed by atoms with Gasteiger partial charge in [0, 0.05) is 24.7 Å². The monoisotopic (exact) mass is 450 g/mol. The Morgan fingerprint density at radius 2 is 1.80 bits per heavy atom. The zero-order chi connectivity index (χ0) is 21.7. The third kappa shape index (κ3) is 5.14. The molecule has 0 aliphatic carbocycles. The lowest BCUT2D eigenvalue weighted by molar-refractivity contribution is -0.120. The average molecular weight is 451 g/mol. The molecule has 162 valence electrons. The Morgan fingerprint density at radius 1 is 1.13 bits per heavy atom. The van der Waals surface area contributed by atoms with Gasteiger partial charge in [0.15, 0.2) is 0 Å². The number of benzene rings is 2. The Hall–Kier alpha value is -2.09. The first-order valence-electron chi connectivity index (χ1n) is 10.2. The quantitative estimate of drug-likeness (QED) is 0.680. The van der Waals surface area contributed by atoms with Crippen LogP contribution in [0.5, 0.6) is 5.75 Å². The van der Waals surface area contributed by atoms with Crippen LogP contribution in [0.25, 0.3) is 0 Å². The van der Waals surface area contributed by atoms with Gasteiger partial charge in [0.05, 0.1) is 16.5 Å². The summed E-state index contributed by atoms with van der Waals surface area (Å²) in [6, 6.07) is 12.3. The highest BCUT2D eigenvalue weighted by Crippen LogP contribution is 2.30. The van der Waals surface area contributed by atoms with Gasteiger partial charge in [0.1, 0.15) is 5.75 Å². The predicted molar refractivity (Wildman–Crippen MR) is 119 cm³/mol. The van der Waals surface area contributed by atoms with Gasteiger partial charge < -0.3 is 10.1 Å². The minimum Gasteiger partial charge on any atom is -0.492 e. The normalized spacial score (nSPS) is 15.7. The van der Waals surface area contributed by atoms with Crippen LogP contribution in [0.2, 0.25) is 5.02 Å². The SMILES string of the molecule is CCOc1ccc(S(=O)(=O)N2CCC(C(=O)Nc3ccc(CC)cc3)CC2)cc1Cl. The Morgan fingerprint density at radius 3 is 2.37 bits per heavy atom. The molecular weight excluding hydrogens is 424 g/mol. The van der Waals surface area contributed by atoms with Gasteiger partial charge in [0.2, 0.25) is 15.9 Å². The zero-order valence-corrected chi connectivity index (χ0v) is 18.8. The number of nitrogens with zero attached hydrogens (tertiary/aromatic N) is 1. The van der Waals surface area contributed by atoms with Gasteiger partial charge in [0.25, 0.3) is 0 Å². The number of hydrogen-bond acceptors (Lipinski definition) is 4. The molecule has 0 atom stereocenters. The van der Waals surface area contributed by atoms with Crippen LogP contribution in [0.3, 0.4) is 0 Å². The summed E-state index contributed by atoms with van der Waals surface area (Å²) in [6.45, 7) is 4.95. The molecule has 1 N–H and O–H groups in total. The number of rotatable bonds is 7. The number of anilines is 1. The van der Waals surface area contributed by atoms with E-state index in [1.165, 1.54) is 22.0 Å². The lowest BCUT2D eigenvalue weighted by Crippen LogP contribution is -2.41. The summed E-state index contributed by atoms with van der Waals surface area (Å²) in [5, 5.41) is 3.20. The second-order valence-electron chi connectivity index (χ2n) is 7.24. The number of nitrogens with one attached hydrogen (secondary N) is 1. The molecular formula is C22H27ClN2O4S. The molecule has 0 bridgehead atoms. The van der Waals surface area contributed by atoms with Crippen LogP contribution in [0.1, 0.15) is 32.3 Å². The van der Waals surface area contributed by atoms with Crippen molar-refractivity contribution in [2.24, 2.45) is 5.92 Å². The smallest absolute Gasteiger partial charge is 0.243 e. The molecule has 0 radical (unpaired) electrons. The maximum atomic E-state index is 13.0. The van der Waals surface area contributed by atoms with E-state index in [9.17, 15) is 13.2 Å². The second kappa shape index (κ2) is 9.81. The van der Waals surface area contributed by atoms with E-state index in [1.807, 2.05) is 31.2 Å². The van der Waals surface area contributed by atoms with E-state index in [1.54, 1.807) is 6.07 Å². The van der Waals surface area contributed by atoms with Crippen LogP contribution in [0, 0.1) is 5.92 Å². The van der Waals surface area contributed by atoms with Crippen LogP contribution < -0.4 is 10.1 Å². The Kier molecular flexibility index (Phi) is 7.39. The number of ether oxygens (including phenoxy) is 1. The third-order valence-corrected chi connectivity index (χ3v) is 7.49. The Balaban J connectivity index is 1.61. The predicted octanol–water partition coefficient (Wildman–Crippen LogP) is 4.34. The maximum Gasteiger partial charge on any atom is 0.243 e. The van der Waals surface area contributed by atoms with Gasteiger partial charge >= 0.3 is 0 Å². The van der Waals surface area contributed by atoms with Crippen molar-refractivity contribution in [3.05, 3.63) is 53.1 Å². The fraction of sp³-hybridized carbons (Fsp3) is 0.409. The number of hydrogen-bond donors (Lipinski definition) is 1. The van der Waals surface area contributed by atoms with Crippen LogP contribution in [0.15, 0.2) is 47.4 Å². The summed E-state index contributed by atoms with van der Waals surface area (Å²) in [5.74, 6) is 0.173. The minimum absolute atomic E-state index is 0.0691. The highest BCUT2D eigenvalue weighted by Gasteiger charge is 2.32. The Bertz CT molecular complexity index is 985. The molecule has 1 saturated heterocycles. The van der Waals surface area contributed by atoms with Gasteiger partial charge in [-0.25, -0.2) is 8.42 Å². The number of aryl methyl sites for hydroxylation is 1. The van der Waals surface area contributed by atoms with Gasteiger partial charge in [-0.3, -0.25) is 4.79 Å². The molecule has 0 spiro atoms. The Labute approximate surface area is 183 Å². The maximum absolute atomic E-state index is 13.0. The van der Waals surface area contributed by atoms with Crippen molar-refractivity contribution in [1.82, 2.24) is 4.31 Å². The first kappa shape index (κ1) is 22.6. The van der Waals surface area contributed by atoms with Gasteiger partial charge in [-0.05, 0) is 62.1 Å². The fourth-order valence-corrected chi connectivity index (χ4v) is 5.29. The second-order valence-corrected chi connectivity index (χ2v) is 9.59. The topological polar surface area (TPSA) is 75.7 Å². The highest BCUT2D eigenvalue weighted by atomic mass is 35.5. The third-order valence-electron chi connectivity index (χ3n) is 5.30. The highest BCUT2D eigenvalue weighted by molar-refractivity contribution is 7.89. The van der Waals surface area contributed by atoms with Crippen molar-refractivity contribution < 1.29 is 17.9 Å². The first-order chi connectivity index (χ1) is 14.3. The standard InChI is InChI=1S/C22H27ClN2O4S/c1-3-16-5-7-18(8-6-16)24-22(26)17-11-13-25(14-12-17)30(27,28)19-9-10-21(29-4-2)20(23)15-19/h5-10,15,17H,3-4,11-14H2,1-2H3,(H,24,26). The van der Waals surface area contributed by atoms with Crippen LogP contribution in [0.4, 0.5) is 5.69 Å². The van der Waals surface area contributed by atoms with E-state index < -0.39 is 10.0 Å². The van der Waals surface area contributed by atoms with Crippen molar-refractivity contribution in [1.29, 1.82) is 0 Å². The molecule has 1 aliphatic heterocycles. The van der Waals surface area contributed by atoms with E-state index in [-0.39, 0.29) is 21.7 Å². The molecule has 1 amide bonds. The number of piperidine rings is 1. The molecule has 8 heteroatoms. The van der Waals surface area contributed by atoms with Gasteiger partial charge in [-0.2, -0.15) is 4.31 Å². The first-order valence-corrected chi connectivity index (χ1v) is 12.0. The van der Waals surface area contributed by atoms with Crippen LogP contribution in [-0.2, 0) is 21.2 Å². The number of carbonyl (C=O) groups is 1. The van der Waals surface area contributed by atoms with E-state index in [0.717, 1.165) is 12.1 Å². The number of halogens is 1. The molecule has 2 aromatic carbocycles. The number of amides is 1. The van der Waals surface area contributed by atoms with Crippen molar-refractivity contribution >= 4 is 33.2 Å². The van der Waals surface area contributed by atoms with E-state index in [0.29, 0.717) is 38.3 Å². The lowest BCUT2D eigenvalue weighted by atomic mass is 9.97. The van der Waals surface area contributed by atoms with Crippen molar-refractivity contribution in [2.75, 3.05) is 25.0 Å². The lowest BCUT2D eigenvalue weighted by Gasteiger charge is -2.30. The molecule has 6 nitrogen and oxygen atoms in total. The zero-order valence-electron chi connectivity index (χ0n) is 17.2. The molecule has 2 aromatic rings. The molecule has 1 heterocycles. The molecule has 0 saturated carbocycles. The van der Waals surface area contributed by atoms with E-state index in [4.69, 9.17) is 16.3 Å². The number of sulfonamides is 1. The van der Waals surface area contributed by atoms with Gasteiger partial charge in [-0.15, -0.1) is 0 Å². The molecule has 0 aromatic heterocycles. The number of carbonyl (C=O) groups excluding carboxylic acids is 1. The molecule has 1 aliphatic rings. The summed E-state index contributed by atoms with van der Waals surface area (Å²) in [7, 11) is -3.67. The minimum atomic E-state index is -3.67. The molecule has 3 rings (SSSR count). The summed E-state index contributed by atoms with van der Waals surface area (Å²) in [4.78, 5) is 12.7. The average Bonchev–Trinajstić information content (AvgIpc) is 2.76. The van der Waals surface area contributed by atoms with E-state index in [2.05, 4.69) is 12.2 Å². The molecule has 0 unspecified atom stereocenters. The van der Waals surface area contributed by atoms with Crippen LogP contribution >= 0.6 is 11.6 Å².